The van der Waals surface area contributed by atoms with Gasteiger partial charge in [0.05, 0.1) is 0 Å². The van der Waals surface area contributed by atoms with Crippen LogP contribution in [0.15, 0.2) is 18.2 Å². The number of likely N-dealkylation sites (N-methyl/N-ethyl adjacent to an activating group) is 1. The lowest BCUT2D eigenvalue weighted by molar-refractivity contribution is -0.119. The van der Waals surface area contributed by atoms with Crippen LogP contribution in [0.1, 0.15) is 5.56 Å². The van der Waals surface area contributed by atoms with Gasteiger partial charge in [-0.25, -0.2) is 0 Å². The number of benzene rings is 1. The molecule has 0 aliphatic carbocycles. The van der Waals surface area contributed by atoms with Crippen molar-refractivity contribution in [3.8, 4) is 0 Å². The van der Waals surface area contributed by atoms with Crippen LogP contribution in [-0.4, -0.2) is 57.8 Å². The zero-order chi connectivity index (χ0) is 14.5. The van der Waals surface area contributed by atoms with Crippen molar-refractivity contribution in [2.75, 3.05) is 57.2 Å². The molecular formula is C15H23N3O2. The summed E-state index contributed by atoms with van der Waals surface area (Å²) in [6.45, 7) is 6.44. The van der Waals surface area contributed by atoms with Crippen molar-refractivity contribution in [1.82, 2.24) is 4.90 Å². The molecule has 0 saturated carbocycles. The molecule has 1 aliphatic heterocycles. The highest BCUT2D eigenvalue weighted by atomic mass is 16.5. The Morgan fingerprint density at radius 2 is 2.00 bits per heavy atom. The Kier molecular flexibility index (Phi) is 4.98. The molecule has 1 saturated heterocycles. The van der Waals surface area contributed by atoms with Gasteiger partial charge in [-0.15, -0.1) is 0 Å². The molecular weight excluding hydrogens is 254 g/mol. The van der Waals surface area contributed by atoms with E-state index >= 15 is 0 Å². The van der Waals surface area contributed by atoms with Crippen LogP contribution in [0.2, 0.25) is 0 Å². The molecule has 0 unspecified atom stereocenters. The second-order valence-electron chi connectivity index (χ2n) is 5.27. The quantitative estimate of drug-likeness (QED) is 0.902. The fourth-order valence-electron chi connectivity index (χ4n) is 2.46. The van der Waals surface area contributed by atoms with E-state index in [1.54, 1.807) is 0 Å². The minimum absolute atomic E-state index is 0.0826. The SMILES string of the molecule is COCC(=O)Nc1ccc(N2CCN(C)CC2)c(C)c1. The minimum Gasteiger partial charge on any atom is -0.375 e. The molecule has 5 heteroatoms. The predicted octanol–water partition coefficient (Wildman–Crippen LogP) is 1.33. The van der Waals surface area contributed by atoms with Crippen molar-refractivity contribution in [3.63, 3.8) is 0 Å². The maximum Gasteiger partial charge on any atom is 0.250 e. The van der Waals surface area contributed by atoms with Gasteiger partial charge < -0.3 is 19.9 Å². The van der Waals surface area contributed by atoms with Crippen LogP contribution < -0.4 is 10.2 Å². The standard InChI is InChI=1S/C15H23N3O2/c1-12-10-13(16-15(19)11-20-3)4-5-14(12)18-8-6-17(2)7-9-18/h4-5,10H,6-9,11H2,1-3H3,(H,16,19). The zero-order valence-electron chi connectivity index (χ0n) is 12.5. The van der Waals surface area contributed by atoms with Crippen molar-refractivity contribution in [2.45, 2.75) is 6.92 Å². The maximum absolute atomic E-state index is 11.5. The van der Waals surface area contributed by atoms with E-state index in [-0.39, 0.29) is 12.5 Å². The fraction of sp³-hybridized carbons (Fsp3) is 0.533. The smallest absolute Gasteiger partial charge is 0.250 e. The Labute approximate surface area is 120 Å². The molecule has 0 aromatic heterocycles. The summed E-state index contributed by atoms with van der Waals surface area (Å²) in [6.07, 6.45) is 0. The monoisotopic (exact) mass is 277 g/mol. The summed E-state index contributed by atoms with van der Waals surface area (Å²) in [5.41, 5.74) is 3.26. The molecule has 1 N–H and O–H groups in total. The van der Waals surface area contributed by atoms with Gasteiger partial charge in [0.1, 0.15) is 6.61 Å². The number of amides is 1. The van der Waals surface area contributed by atoms with Crippen LogP contribution in [0.4, 0.5) is 11.4 Å². The van der Waals surface area contributed by atoms with Gasteiger partial charge in [-0.2, -0.15) is 0 Å². The van der Waals surface area contributed by atoms with E-state index in [2.05, 4.69) is 35.2 Å². The maximum atomic E-state index is 11.5. The first-order valence-corrected chi connectivity index (χ1v) is 6.93. The highest BCUT2D eigenvalue weighted by molar-refractivity contribution is 5.92. The normalized spacial score (nSPS) is 16.2. The second kappa shape index (κ2) is 6.72. The minimum atomic E-state index is -0.126. The number of rotatable bonds is 4. The number of piperazine rings is 1. The third-order valence-electron chi connectivity index (χ3n) is 3.60. The number of hydrogen-bond donors (Lipinski definition) is 1. The van der Waals surface area contributed by atoms with Gasteiger partial charge >= 0.3 is 0 Å². The summed E-state index contributed by atoms with van der Waals surface area (Å²) in [6, 6.07) is 6.05. The molecule has 1 amide bonds. The summed E-state index contributed by atoms with van der Waals surface area (Å²) < 4.78 is 4.81. The number of aryl methyl sites for hydroxylation is 1. The summed E-state index contributed by atoms with van der Waals surface area (Å²) >= 11 is 0. The molecule has 2 rings (SSSR count). The average Bonchev–Trinajstić information content (AvgIpc) is 2.40. The number of hydrogen-bond acceptors (Lipinski definition) is 4. The van der Waals surface area contributed by atoms with E-state index in [9.17, 15) is 4.79 Å². The molecule has 110 valence electrons. The number of carbonyl (C=O) groups excluding carboxylic acids is 1. The van der Waals surface area contributed by atoms with Crippen molar-refractivity contribution in [1.29, 1.82) is 0 Å². The third-order valence-corrected chi connectivity index (χ3v) is 3.60. The highest BCUT2D eigenvalue weighted by Crippen LogP contribution is 2.24. The Bertz CT molecular complexity index is 468. The Balaban J connectivity index is 2.04. The van der Waals surface area contributed by atoms with Crippen molar-refractivity contribution >= 4 is 17.3 Å². The highest BCUT2D eigenvalue weighted by Gasteiger charge is 2.16. The first-order valence-electron chi connectivity index (χ1n) is 6.93. The first kappa shape index (κ1) is 14.8. The first-order chi connectivity index (χ1) is 9.60. The molecule has 1 aromatic rings. The molecule has 1 aromatic carbocycles. The van der Waals surface area contributed by atoms with Gasteiger partial charge in [-0.05, 0) is 37.7 Å². The van der Waals surface area contributed by atoms with Gasteiger partial charge in [0, 0.05) is 44.7 Å². The third kappa shape index (κ3) is 3.71. The van der Waals surface area contributed by atoms with Gasteiger partial charge in [0.2, 0.25) is 5.91 Å². The van der Waals surface area contributed by atoms with Crippen molar-refractivity contribution in [3.05, 3.63) is 23.8 Å². The summed E-state index contributed by atoms with van der Waals surface area (Å²) in [4.78, 5) is 16.2. The molecule has 0 radical (unpaired) electrons. The van der Waals surface area contributed by atoms with Crippen LogP contribution in [0.3, 0.4) is 0 Å². The van der Waals surface area contributed by atoms with Crippen LogP contribution in [0, 0.1) is 6.92 Å². The fourth-order valence-corrected chi connectivity index (χ4v) is 2.46. The van der Waals surface area contributed by atoms with Crippen LogP contribution in [0.25, 0.3) is 0 Å². The lowest BCUT2D eigenvalue weighted by atomic mass is 10.1. The molecule has 5 nitrogen and oxygen atoms in total. The summed E-state index contributed by atoms with van der Waals surface area (Å²) in [5.74, 6) is -0.126. The summed E-state index contributed by atoms with van der Waals surface area (Å²) in [5, 5.41) is 2.83. The number of ether oxygens (including phenoxy) is 1. The largest absolute Gasteiger partial charge is 0.375 e. The molecule has 0 atom stereocenters. The Morgan fingerprint density at radius 3 is 2.60 bits per heavy atom. The average molecular weight is 277 g/mol. The van der Waals surface area contributed by atoms with Gasteiger partial charge in [-0.3, -0.25) is 4.79 Å². The number of nitrogens with one attached hydrogen (secondary N) is 1. The number of anilines is 2. The molecule has 1 heterocycles. The predicted molar refractivity (Wildman–Crippen MR) is 81.4 cm³/mol. The molecule has 20 heavy (non-hydrogen) atoms. The second-order valence-corrected chi connectivity index (χ2v) is 5.27. The van der Waals surface area contributed by atoms with E-state index in [0.717, 1.165) is 31.9 Å². The van der Waals surface area contributed by atoms with E-state index in [1.807, 2.05) is 12.1 Å². The molecule has 1 aliphatic rings. The summed E-state index contributed by atoms with van der Waals surface area (Å²) in [7, 11) is 3.67. The van der Waals surface area contributed by atoms with Gasteiger partial charge in [-0.1, -0.05) is 0 Å². The molecule has 0 spiro atoms. The Hall–Kier alpha value is -1.59. The van der Waals surface area contributed by atoms with Crippen LogP contribution >= 0.6 is 0 Å². The lowest BCUT2D eigenvalue weighted by Crippen LogP contribution is -2.44. The number of carbonyl (C=O) groups is 1. The van der Waals surface area contributed by atoms with E-state index < -0.39 is 0 Å². The molecule has 1 fully saturated rings. The molecule has 0 bridgehead atoms. The zero-order valence-corrected chi connectivity index (χ0v) is 12.5. The van der Waals surface area contributed by atoms with Crippen LogP contribution in [0.5, 0.6) is 0 Å². The number of nitrogens with zero attached hydrogens (tertiary/aromatic N) is 2. The number of methoxy groups -OCH3 is 1. The van der Waals surface area contributed by atoms with Crippen LogP contribution in [-0.2, 0) is 9.53 Å². The Morgan fingerprint density at radius 1 is 1.30 bits per heavy atom. The van der Waals surface area contributed by atoms with E-state index in [0.29, 0.717) is 0 Å². The topological polar surface area (TPSA) is 44.8 Å². The van der Waals surface area contributed by atoms with E-state index in [1.165, 1.54) is 18.4 Å². The van der Waals surface area contributed by atoms with Crippen molar-refractivity contribution in [2.24, 2.45) is 0 Å². The van der Waals surface area contributed by atoms with E-state index in [4.69, 9.17) is 4.74 Å². The van der Waals surface area contributed by atoms with Gasteiger partial charge in [0.15, 0.2) is 0 Å². The van der Waals surface area contributed by atoms with Gasteiger partial charge in [0.25, 0.3) is 0 Å². The lowest BCUT2D eigenvalue weighted by Gasteiger charge is -2.35. The van der Waals surface area contributed by atoms with Crippen molar-refractivity contribution < 1.29 is 9.53 Å².